The minimum Gasteiger partial charge on any atom is -0.330 e. The van der Waals surface area contributed by atoms with Crippen LogP contribution in [0.15, 0.2) is 18.2 Å². The van der Waals surface area contributed by atoms with Gasteiger partial charge in [-0.25, -0.2) is 0 Å². The van der Waals surface area contributed by atoms with E-state index in [2.05, 4.69) is 0 Å². The lowest BCUT2D eigenvalue weighted by molar-refractivity contribution is -0.118. The van der Waals surface area contributed by atoms with E-state index >= 15 is 0 Å². The molecule has 1 aromatic rings. The summed E-state index contributed by atoms with van der Waals surface area (Å²) in [5.41, 5.74) is 7.39. The van der Waals surface area contributed by atoms with E-state index in [1.165, 1.54) is 0 Å². The molecule has 88 valence electrons. The Morgan fingerprint density at radius 1 is 1.50 bits per heavy atom. The van der Waals surface area contributed by atoms with E-state index in [9.17, 15) is 4.79 Å². The van der Waals surface area contributed by atoms with Crippen molar-refractivity contribution < 1.29 is 4.79 Å². The molecule has 16 heavy (non-hydrogen) atoms. The van der Waals surface area contributed by atoms with Gasteiger partial charge in [0.05, 0.1) is 0 Å². The van der Waals surface area contributed by atoms with Crippen molar-refractivity contribution in [2.45, 2.75) is 12.8 Å². The van der Waals surface area contributed by atoms with Gasteiger partial charge in [0.25, 0.3) is 0 Å². The van der Waals surface area contributed by atoms with Crippen molar-refractivity contribution in [3.63, 3.8) is 0 Å². The lowest BCUT2D eigenvalue weighted by Gasteiger charge is -2.16. The molecule has 0 saturated carbocycles. The van der Waals surface area contributed by atoms with E-state index in [-0.39, 0.29) is 18.3 Å². The fourth-order valence-corrected chi connectivity index (χ4v) is 2.17. The zero-order valence-electron chi connectivity index (χ0n) is 8.78. The van der Waals surface area contributed by atoms with E-state index in [0.717, 1.165) is 29.2 Å². The van der Waals surface area contributed by atoms with Crippen LogP contribution < -0.4 is 10.6 Å². The molecule has 0 aliphatic carbocycles. The molecule has 1 aliphatic rings. The van der Waals surface area contributed by atoms with E-state index in [1.807, 2.05) is 18.2 Å². The second kappa shape index (κ2) is 5.53. The maximum absolute atomic E-state index is 11.7. The van der Waals surface area contributed by atoms with E-state index in [1.54, 1.807) is 4.90 Å². The number of rotatable bonds is 2. The van der Waals surface area contributed by atoms with Crippen LogP contribution in [0.3, 0.4) is 0 Å². The Labute approximate surface area is 106 Å². The Bertz CT molecular complexity index is 396. The summed E-state index contributed by atoms with van der Waals surface area (Å²) in [5.74, 6) is 0.0820. The van der Waals surface area contributed by atoms with Gasteiger partial charge in [0, 0.05) is 30.2 Å². The van der Waals surface area contributed by atoms with Gasteiger partial charge >= 0.3 is 0 Å². The Morgan fingerprint density at radius 2 is 2.25 bits per heavy atom. The van der Waals surface area contributed by atoms with Crippen molar-refractivity contribution in [1.82, 2.24) is 0 Å². The zero-order valence-corrected chi connectivity index (χ0v) is 10.4. The van der Waals surface area contributed by atoms with Crippen LogP contribution in [0.5, 0.6) is 0 Å². The fourth-order valence-electron chi connectivity index (χ4n) is 1.91. The monoisotopic (exact) mass is 260 g/mol. The van der Waals surface area contributed by atoms with Gasteiger partial charge in [-0.15, -0.1) is 12.4 Å². The zero-order chi connectivity index (χ0) is 10.8. The van der Waals surface area contributed by atoms with Crippen molar-refractivity contribution in [1.29, 1.82) is 0 Å². The molecule has 2 rings (SSSR count). The van der Waals surface area contributed by atoms with Crippen LogP contribution in [0.25, 0.3) is 0 Å². The van der Waals surface area contributed by atoms with Crippen LogP contribution in [0.2, 0.25) is 5.02 Å². The maximum atomic E-state index is 11.7. The summed E-state index contributed by atoms with van der Waals surface area (Å²) in [6, 6.07) is 5.66. The van der Waals surface area contributed by atoms with Gasteiger partial charge in [-0.1, -0.05) is 17.7 Å². The van der Waals surface area contributed by atoms with Crippen LogP contribution in [0, 0.1) is 0 Å². The van der Waals surface area contributed by atoms with Crippen LogP contribution in [-0.4, -0.2) is 19.0 Å². The number of benzene rings is 1. The molecule has 0 aromatic heterocycles. The summed E-state index contributed by atoms with van der Waals surface area (Å²) in [4.78, 5) is 13.5. The Balaban J connectivity index is 0.00000128. The predicted octanol–water partition coefficient (Wildman–Crippen LogP) is 2.00. The molecule has 5 heteroatoms. The molecule has 3 nitrogen and oxygen atoms in total. The number of hydrogen-bond acceptors (Lipinski definition) is 2. The molecule has 0 saturated heterocycles. The number of anilines is 1. The number of carbonyl (C=O) groups is 1. The van der Waals surface area contributed by atoms with E-state index < -0.39 is 0 Å². The van der Waals surface area contributed by atoms with Gasteiger partial charge in [0.1, 0.15) is 0 Å². The second-order valence-electron chi connectivity index (χ2n) is 3.57. The van der Waals surface area contributed by atoms with Gasteiger partial charge in [-0.3, -0.25) is 4.79 Å². The summed E-state index contributed by atoms with van der Waals surface area (Å²) >= 11 is 6.05. The number of fused-ring (bicyclic) bond motifs is 1. The highest BCUT2D eigenvalue weighted by molar-refractivity contribution is 6.32. The standard InChI is InChI=1S/C11H13ClN2O.ClH/c12-9-2-1-3-10-8(9)5-7-14(10)11(15)4-6-13;/h1-3H,4-7,13H2;1H. The smallest absolute Gasteiger partial charge is 0.228 e. The molecule has 0 fully saturated rings. The molecule has 1 aromatic carbocycles. The van der Waals surface area contributed by atoms with Crippen LogP contribution in [-0.2, 0) is 11.2 Å². The first kappa shape index (κ1) is 13.3. The number of hydrogen-bond donors (Lipinski definition) is 1. The van der Waals surface area contributed by atoms with Crippen molar-refractivity contribution in [2.24, 2.45) is 5.73 Å². The Hall–Kier alpha value is -0.770. The van der Waals surface area contributed by atoms with Gasteiger partial charge in [0.15, 0.2) is 0 Å². The van der Waals surface area contributed by atoms with Gasteiger partial charge in [-0.05, 0) is 24.1 Å². The van der Waals surface area contributed by atoms with E-state index in [0.29, 0.717) is 13.0 Å². The van der Waals surface area contributed by atoms with Crippen molar-refractivity contribution in [3.05, 3.63) is 28.8 Å². The molecule has 2 N–H and O–H groups in total. The third-order valence-electron chi connectivity index (χ3n) is 2.63. The first-order chi connectivity index (χ1) is 7.24. The van der Waals surface area contributed by atoms with Crippen LogP contribution in [0.4, 0.5) is 5.69 Å². The second-order valence-corrected chi connectivity index (χ2v) is 3.98. The fraction of sp³-hybridized carbons (Fsp3) is 0.364. The number of nitrogens with zero attached hydrogens (tertiary/aromatic N) is 1. The highest BCUT2D eigenvalue weighted by Crippen LogP contribution is 2.33. The first-order valence-corrected chi connectivity index (χ1v) is 5.39. The topological polar surface area (TPSA) is 46.3 Å². The van der Waals surface area contributed by atoms with Crippen LogP contribution in [0.1, 0.15) is 12.0 Å². The average molecular weight is 261 g/mol. The summed E-state index contributed by atoms with van der Waals surface area (Å²) in [7, 11) is 0. The summed E-state index contributed by atoms with van der Waals surface area (Å²) < 4.78 is 0. The number of nitrogens with two attached hydrogens (primary N) is 1. The summed E-state index contributed by atoms with van der Waals surface area (Å²) in [6.07, 6.45) is 1.23. The normalized spacial score (nSPS) is 13.2. The molecule has 1 heterocycles. The van der Waals surface area contributed by atoms with Gasteiger partial charge in [0.2, 0.25) is 5.91 Å². The SMILES string of the molecule is Cl.NCCC(=O)N1CCc2c(Cl)cccc21. The molecule has 0 spiro atoms. The summed E-state index contributed by atoms with van der Waals surface area (Å²) in [6.45, 7) is 1.11. The van der Waals surface area contributed by atoms with Crippen molar-refractivity contribution in [3.8, 4) is 0 Å². The Morgan fingerprint density at radius 3 is 2.94 bits per heavy atom. The third-order valence-corrected chi connectivity index (χ3v) is 2.98. The molecule has 0 radical (unpaired) electrons. The van der Waals surface area contributed by atoms with E-state index in [4.69, 9.17) is 17.3 Å². The highest BCUT2D eigenvalue weighted by Gasteiger charge is 2.25. The molecule has 0 bridgehead atoms. The molecule has 0 unspecified atom stereocenters. The lowest BCUT2D eigenvalue weighted by Crippen LogP contribution is -2.30. The molecular weight excluding hydrogens is 247 g/mol. The predicted molar refractivity (Wildman–Crippen MR) is 68.4 cm³/mol. The quantitative estimate of drug-likeness (QED) is 0.885. The van der Waals surface area contributed by atoms with Gasteiger partial charge in [-0.2, -0.15) is 0 Å². The number of amides is 1. The van der Waals surface area contributed by atoms with Crippen molar-refractivity contribution >= 4 is 35.6 Å². The molecule has 0 atom stereocenters. The Kier molecular flexibility index (Phi) is 4.59. The first-order valence-electron chi connectivity index (χ1n) is 5.02. The lowest BCUT2D eigenvalue weighted by atomic mass is 10.2. The highest BCUT2D eigenvalue weighted by atomic mass is 35.5. The van der Waals surface area contributed by atoms with Crippen LogP contribution >= 0.6 is 24.0 Å². The van der Waals surface area contributed by atoms with Gasteiger partial charge < -0.3 is 10.6 Å². The minimum atomic E-state index is 0. The molecular formula is C11H14Cl2N2O. The average Bonchev–Trinajstić information content (AvgIpc) is 2.63. The number of carbonyl (C=O) groups excluding carboxylic acids is 1. The largest absolute Gasteiger partial charge is 0.330 e. The minimum absolute atomic E-state index is 0. The molecule has 1 aliphatic heterocycles. The maximum Gasteiger partial charge on any atom is 0.228 e. The molecule has 1 amide bonds. The number of halogens is 2. The van der Waals surface area contributed by atoms with Crippen molar-refractivity contribution in [2.75, 3.05) is 18.0 Å². The third kappa shape index (κ3) is 2.32. The summed E-state index contributed by atoms with van der Waals surface area (Å²) in [5, 5.41) is 0.746.